The third-order valence-electron chi connectivity index (χ3n) is 5.11. The van der Waals surface area contributed by atoms with Gasteiger partial charge in [0.15, 0.2) is 0 Å². The Morgan fingerprint density at radius 3 is 3.00 bits per heavy atom. The van der Waals surface area contributed by atoms with Crippen molar-refractivity contribution in [2.24, 2.45) is 5.92 Å². The standard InChI is InChI=1S/C19H29NO/c1-2-12-20-14-16-7-3-4-10-17(16)18-11-5-8-15-9-6-13-21-19(15)18/h5,8,11,16-17,20H,2-4,6-7,9-10,12-14H2,1H3. The Bertz CT molecular complexity index is 457. The molecule has 2 atom stereocenters. The summed E-state index contributed by atoms with van der Waals surface area (Å²) in [4.78, 5) is 0. The maximum absolute atomic E-state index is 6.06. The first kappa shape index (κ1) is 14.9. The third kappa shape index (κ3) is 3.42. The van der Waals surface area contributed by atoms with Crippen molar-refractivity contribution < 1.29 is 4.74 Å². The monoisotopic (exact) mass is 287 g/mol. The molecule has 1 aromatic rings. The van der Waals surface area contributed by atoms with Crippen molar-refractivity contribution in [3.05, 3.63) is 29.3 Å². The summed E-state index contributed by atoms with van der Waals surface area (Å²) in [7, 11) is 0. The highest BCUT2D eigenvalue weighted by Crippen LogP contribution is 2.43. The zero-order valence-corrected chi connectivity index (χ0v) is 13.4. The minimum Gasteiger partial charge on any atom is -0.493 e. The van der Waals surface area contributed by atoms with Gasteiger partial charge < -0.3 is 10.1 Å². The maximum atomic E-state index is 6.06. The van der Waals surface area contributed by atoms with Crippen LogP contribution in [0.1, 0.15) is 62.5 Å². The molecule has 1 N–H and O–H groups in total. The van der Waals surface area contributed by atoms with E-state index in [4.69, 9.17) is 4.74 Å². The number of hydrogen-bond donors (Lipinski definition) is 1. The molecule has 1 saturated carbocycles. The van der Waals surface area contributed by atoms with Crippen molar-refractivity contribution in [1.29, 1.82) is 0 Å². The number of benzene rings is 1. The number of rotatable bonds is 5. The molecule has 0 bridgehead atoms. The van der Waals surface area contributed by atoms with Crippen molar-refractivity contribution in [2.75, 3.05) is 19.7 Å². The van der Waals surface area contributed by atoms with Gasteiger partial charge in [-0.1, -0.05) is 38.0 Å². The third-order valence-corrected chi connectivity index (χ3v) is 5.11. The Labute approximate surface area is 129 Å². The SMILES string of the molecule is CCCNCC1CCCCC1c1cccc2c1OCCC2. The van der Waals surface area contributed by atoms with Crippen LogP contribution in [0, 0.1) is 5.92 Å². The van der Waals surface area contributed by atoms with Crippen LogP contribution >= 0.6 is 0 Å². The van der Waals surface area contributed by atoms with E-state index in [2.05, 4.69) is 30.4 Å². The molecule has 1 aliphatic carbocycles. The number of fused-ring (bicyclic) bond motifs is 1. The molecule has 116 valence electrons. The summed E-state index contributed by atoms with van der Waals surface area (Å²) in [5, 5.41) is 3.64. The summed E-state index contributed by atoms with van der Waals surface area (Å²) in [5.74, 6) is 2.70. The van der Waals surface area contributed by atoms with Gasteiger partial charge in [-0.3, -0.25) is 0 Å². The molecular weight excluding hydrogens is 258 g/mol. The summed E-state index contributed by atoms with van der Waals surface area (Å²) >= 11 is 0. The Morgan fingerprint density at radius 2 is 2.10 bits per heavy atom. The lowest BCUT2D eigenvalue weighted by molar-refractivity contribution is 0.261. The fraction of sp³-hybridized carbons (Fsp3) is 0.684. The van der Waals surface area contributed by atoms with Crippen LogP contribution in [-0.2, 0) is 6.42 Å². The van der Waals surface area contributed by atoms with Crippen molar-refractivity contribution in [1.82, 2.24) is 5.32 Å². The molecule has 3 rings (SSSR count). The highest BCUT2D eigenvalue weighted by molar-refractivity contribution is 5.45. The molecule has 2 unspecified atom stereocenters. The first-order valence-corrected chi connectivity index (χ1v) is 8.85. The van der Waals surface area contributed by atoms with E-state index in [1.54, 1.807) is 0 Å². The van der Waals surface area contributed by atoms with E-state index in [0.717, 1.165) is 19.1 Å². The van der Waals surface area contributed by atoms with Crippen LogP contribution in [0.4, 0.5) is 0 Å². The highest BCUT2D eigenvalue weighted by atomic mass is 16.5. The zero-order chi connectivity index (χ0) is 14.5. The molecule has 1 aromatic carbocycles. The van der Waals surface area contributed by atoms with Crippen molar-refractivity contribution in [2.45, 2.75) is 57.8 Å². The normalized spacial score (nSPS) is 25.2. The lowest BCUT2D eigenvalue weighted by Crippen LogP contribution is -2.30. The number of ether oxygens (including phenoxy) is 1. The molecule has 1 fully saturated rings. The van der Waals surface area contributed by atoms with Gasteiger partial charge in [0.05, 0.1) is 6.61 Å². The van der Waals surface area contributed by atoms with E-state index in [1.165, 1.54) is 68.4 Å². The summed E-state index contributed by atoms with van der Waals surface area (Å²) < 4.78 is 6.06. The van der Waals surface area contributed by atoms with Gasteiger partial charge in [0.1, 0.15) is 5.75 Å². The van der Waals surface area contributed by atoms with Crippen LogP contribution in [0.25, 0.3) is 0 Å². The Morgan fingerprint density at radius 1 is 1.19 bits per heavy atom. The average Bonchev–Trinajstić information content (AvgIpc) is 2.55. The van der Waals surface area contributed by atoms with Gasteiger partial charge in [0, 0.05) is 0 Å². The molecular formula is C19H29NO. The second-order valence-corrected chi connectivity index (χ2v) is 6.64. The smallest absolute Gasteiger partial charge is 0.125 e. The van der Waals surface area contributed by atoms with Crippen molar-refractivity contribution in [3.63, 3.8) is 0 Å². The van der Waals surface area contributed by atoms with Crippen LogP contribution in [0.3, 0.4) is 0 Å². The summed E-state index contributed by atoms with van der Waals surface area (Å²) in [5.41, 5.74) is 2.93. The highest BCUT2D eigenvalue weighted by Gasteiger charge is 2.29. The van der Waals surface area contributed by atoms with E-state index in [9.17, 15) is 0 Å². The first-order chi connectivity index (χ1) is 10.4. The minimum absolute atomic E-state index is 0.691. The van der Waals surface area contributed by atoms with Crippen LogP contribution in [0.2, 0.25) is 0 Å². The average molecular weight is 287 g/mol. The molecule has 2 aliphatic rings. The molecule has 0 aromatic heterocycles. The Balaban J connectivity index is 1.79. The van der Waals surface area contributed by atoms with Crippen LogP contribution < -0.4 is 10.1 Å². The molecule has 0 amide bonds. The number of para-hydroxylation sites is 1. The lowest BCUT2D eigenvalue weighted by atomic mass is 9.74. The van der Waals surface area contributed by atoms with Crippen molar-refractivity contribution >= 4 is 0 Å². The summed E-state index contributed by atoms with van der Waals surface area (Å²) in [6.45, 7) is 5.46. The predicted octanol–water partition coefficient (Wildman–Crippen LogP) is 4.29. The minimum atomic E-state index is 0.691. The predicted molar refractivity (Wildman–Crippen MR) is 88.1 cm³/mol. The number of hydrogen-bond acceptors (Lipinski definition) is 2. The molecule has 1 aliphatic heterocycles. The second kappa shape index (κ2) is 7.31. The fourth-order valence-corrected chi connectivity index (χ4v) is 4.03. The van der Waals surface area contributed by atoms with E-state index in [1.807, 2.05) is 0 Å². The van der Waals surface area contributed by atoms with Crippen LogP contribution in [0.15, 0.2) is 18.2 Å². The molecule has 0 spiro atoms. The Hall–Kier alpha value is -1.02. The van der Waals surface area contributed by atoms with Gasteiger partial charge in [-0.25, -0.2) is 0 Å². The quantitative estimate of drug-likeness (QED) is 0.816. The fourth-order valence-electron chi connectivity index (χ4n) is 4.03. The summed E-state index contributed by atoms with van der Waals surface area (Å²) in [6.07, 6.45) is 9.05. The second-order valence-electron chi connectivity index (χ2n) is 6.64. The molecule has 2 heteroatoms. The zero-order valence-electron chi connectivity index (χ0n) is 13.4. The van der Waals surface area contributed by atoms with Gasteiger partial charge in [-0.05, 0) is 68.2 Å². The van der Waals surface area contributed by atoms with E-state index < -0.39 is 0 Å². The van der Waals surface area contributed by atoms with Gasteiger partial charge >= 0.3 is 0 Å². The van der Waals surface area contributed by atoms with Gasteiger partial charge in [-0.2, -0.15) is 0 Å². The Kier molecular flexibility index (Phi) is 5.18. The van der Waals surface area contributed by atoms with E-state index in [-0.39, 0.29) is 0 Å². The van der Waals surface area contributed by atoms with Crippen LogP contribution in [0.5, 0.6) is 5.75 Å². The molecule has 2 nitrogen and oxygen atoms in total. The van der Waals surface area contributed by atoms with Gasteiger partial charge in [-0.15, -0.1) is 0 Å². The topological polar surface area (TPSA) is 21.3 Å². The molecule has 0 saturated heterocycles. The van der Waals surface area contributed by atoms with Gasteiger partial charge in [0.25, 0.3) is 0 Å². The lowest BCUT2D eigenvalue weighted by Gasteiger charge is -2.34. The molecule has 1 heterocycles. The van der Waals surface area contributed by atoms with Gasteiger partial charge in [0.2, 0.25) is 0 Å². The molecule has 21 heavy (non-hydrogen) atoms. The number of aryl methyl sites for hydroxylation is 1. The van der Waals surface area contributed by atoms with Crippen LogP contribution in [-0.4, -0.2) is 19.7 Å². The largest absolute Gasteiger partial charge is 0.493 e. The number of nitrogens with one attached hydrogen (secondary N) is 1. The summed E-state index contributed by atoms with van der Waals surface area (Å²) in [6, 6.07) is 6.83. The first-order valence-electron chi connectivity index (χ1n) is 8.85. The molecule has 0 radical (unpaired) electrons. The maximum Gasteiger partial charge on any atom is 0.125 e. The van der Waals surface area contributed by atoms with E-state index in [0.29, 0.717) is 5.92 Å². The van der Waals surface area contributed by atoms with E-state index >= 15 is 0 Å². The van der Waals surface area contributed by atoms with Crippen molar-refractivity contribution in [3.8, 4) is 5.75 Å².